The molecule has 1 aromatic heterocycles. The van der Waals surface area contributed by atoms with Crippen LogP contribution >= 0.6 is 23.1 Å². The summed E-state index contributed by atoms with van der Waals surface area (Å²) in [5, 5.41) is 20.6. The lowest BCUT2D eigenvalue weighted by atomic mass is 10.0. The molecule has 1 aromatic rings. The molecule has 18 heavy (non-hydrogen) atoms. The average Bonchev–Trinajstić information content (AvgIpc) is 2.97. The van der Waals surface area contributed by atoms with E-state index in [9.17, 15) is 4.79 Å². The van der Waals surface area contributed by atoms with Gasteiger partial charge >= 0.3 is 5.97 Å². The van der Waals surface area contributed by atoms with Gasteiger partial charge in [-0.05, 0) is 12.3 Å². The Morgan fingerprint density at radius 2 is 2.22 bits per heavy atom. The lowest BCUT2D eigenvalue weighted by molar-refractivity contribution is -0.133. The minimum absolute atomic E-state index is 0.0384. The largest absolute Gasteiger partial charge is 0.481 e. The fourth-order valence-corrected chi connectivity index (χ4v) is 3.64. The topological polar surface area (TPSA) is 75.1 Å². The third-order valence-corrected chi connectivity index (χ3v) is 5.03. The molecule has 0 spiro atoms. The lowest BCUT2D eigenvalue weighted by Gasteiger charge is -2.08. The quantitative estimate of drug-likeness (QED) is 0.751. The Kier molecular flexibility index (Phi) is 5.25. The second-order valence-electron chi connectivity index (χ2n) is 4.42. The molecule has 0 atom stereocenters. The molecular weight excluding hydrogens is 270 g/mol. The van der Waals surface area contributed by atoms with E-state index in [0.29, 0.717) is 4.34 Å². The highest BCUT2D eigenvalue weighted by molar-refractivity contribution is 8.01. The number of hydrogen-bond acceptors (Lipinski definition) is 6. The smallest absolute Gasteiger partial charge is 0.313 e. The van der Waals surface area contributed by atoms with E-state index in [-0.39, 0.29) is 5.75 Å². The van der Waals surface area contributed by atoms with Crippen LogP contribution in [-0.2, 0) is 4.79 Å². The van der Waals surface area contributed by atoms with E-state index in [0.717, 1.165) is 17.6 Å². The summed E-state index contributed by atoms with van der Waals surface area (Å²) in [6.07, 6.45) is 6.66. The van der Waals surface area contributed by atoms with Crippen molar-refractivity contribution in [2.75, 3.05) is 17.6 Å². The molecule has 1 aliphatic carbocycles. The number of carboxylic acid groups (broad SMARTS) is 1. The maximum Gasteiger partial charge on any atom is 0.313 e. The van der Waals surface area contributed by atoms with Crippen LogP contribution in [-0.4, -0.2) is 33.6 Å². The van der Waals surface area contributed by atoms with Crippen LogP contribution in [0.1, 0.15) is 32.1 Å². The molecule has 2 rings (SSSR count). The highest BCUT2D eigenvalue weighted by Gasteiger charge is 2.14. The number of rotatable bonds is 7. The third-order valence-electron chi connectivity index (χ3n) is 3.03. The van der Waals surface area contributed by atoms with E-state index in [1.54, 1.807) is 0 Å². The predicted molar refractivity (Wildman–Crippen MR) is 73.3 cm³/mol. The summed E-state index contributed by atoms with van der Waals surface area (Å²) in [7, 11) is 0. The summed E-state index contributed by atoms with van der Waals surface area (Å²) in [6.45, 7) is 0.933. The van der Waals surface area contributed by atoms with Crippen molar-refractivity contribution in [2.45, 2.75) is 36.4 Å². The zero-order valence-electron chi connectivity index (χ0n) is 10.1. The molecule has 0 aliphatic heterocycles. The minimum Gasteiger partial charge on any atom is -0.481 e. The van der Waals surface area contributed by atoms with Crippen molar-refractivity contribution < 1.29 is 9.90 Å². The van der Waals surface area contributed by atoms with Gasteiger partial charge in [0.1, 0.15) is 0 Å². The summed E-state index contributed by atoms with van der Waals surface area (Å²) in [5.74, 6) is 0.0775. The highest BCUT2D eigenvalue weighted by atomic mass is 32.2. The van der Waals surface area contributed by atoms with Crippen LogP contribution in [0.25, 0.3) is 0 Å². The molecule has 0 aromatic carbocycles. The normalized spacial score (nSPS) is 16.0. The van der Waals surface area contributed by atoms with Gasteiger partial charge in [0.25, 0.3) is 0 Å². The number of carboxylic acids is 1. The average molecular weight is 287 g/mol. The van der Waals surface area contributed by atoms with Crippen molar-refractivity contribution in [1.82, 2.24) is 10.2 Å². The Morgan fingerprint density at radius 1 is 1.44 bits per heavy atom. The van der Waals surface area contributed by atoms with Gasteiger partial charge in [0.15, 0.2) is 4.34 Å². The van der Waals surface area contributed by atoms with Crippen LogP contribution in [0, 0.1) is 5.92 Å². The van der Waals surface area contributed by atoms with Crippen LogP contribution in [0.15, 0.2) is 4.34 Å². The number of nitrogens with one attached hydrogen (secondary N) is 1. The molecule has 1 saturated carbocycles. The molecule has 0 radical (unpaired) electrons. The molecule has 5 nitrogen and oxygen atoms in total. The van der Waals surface area contributed by atoms with E-state index < -0.39 is 5.97 Å². The van der Waals surface area contributed by atoms with E-state index in [2.05, 4.69) is 15.5 Å². The Balaban J connectivity index is 1.67. The second-order valence-corrected chi connectivity index (χ2v) is 6.62. The standard InChI is InChI=1S/C11H17N3O2S2/c15-9(16)7-17-11-14-13-10(18-11)12-6-5-8-3-1-2-4-8/h8H,1-7H2,(H,12,13)(H,15,16). The second kappa shape index (κ2) is 6.94. The minimum atomic E-state index is -0.828. The predicted octanol–water partition coefficient (Wildman–Crippen LogP) is 2.71. The summed E-state index contributed by atoms with van der Waals surface area (Å²) in [5.41, 5.74) is 0. The summed E-state index contributed by atoms with van der Waals surface area (Å²) in [4.78, 5) is 10.4. The molecule has 1 fully saturated rings. The summed E-state index contributed by atoms with van der Waals surface area (Å²) in [6, 6.07) is 0. The van der Waals surface area contributed by atoms with E-state index in [1.807, 2.05) is 0 Å². The molecule has 0 unspecified atom stereocenters. The van der Waals surface area contributed by atoms with E-state index in [4.69, 9.17) is 5.11 Å². The Morgan fingerprint density at radius 3 is 2.94 bits per heavy atom. The molecule has 2 N–H and O–H groups in total. The number of aromatic nitrogens is 2. The lowest BCUT2D eigenvalue weighted by Crippen LogP contribution is -2.06. The van der Waals surface area contributed by atoms with Gasteiger partial charge in [-0.1, -0.05) is 48.8 Å². The van der Waals surface area contributed by atoms with Gasteiger partial charge in [-0.25, -0.2) is 0 Å². The molecule has 0 bridgehead atoms. The first-order chi connectivity index (χ1) is 8.74. The monoisotopic (exact) mass is 287 g/mol. The van der Waals surface area contributed by atoms with Gasteiger partial charge in [-0.15, -0.1) is 10.2 Å². The van der Waals surface area contributed by atoms with Crippen LogP contribution in [0.4, 0.5) is 5.13 Å². The number of hydrogen-bond donors (Lipinski definition) is 2. The van der Waals surface area contributed by atoms with Crippen LogP contribution in [0.3, 0.4) is 0 Å². The molecule has 0 saturated heterocycles. The van der Waals surface area contributed by atoms with Gasteiger partial charge in [-0.3, -0.25) is 4.79 Å². The summed E-state index contributed by atoms with van der Waals surface area (Å²) >= 11 is 2.64. The molecule has 1 heterocycles. The number of anilines is 1. The zero-order chi connectivity index (χ0) is 12.8. The third kappa shape index (κ3) is 4.45. The molecule has 1 aliphatic rings. The molecule has 0 amide bonds. The van der Waals surface area contributed by atoms with Gasteiger partial charge in [-0.2, -0.15) is 0 Å². The molecule has 7 heteroatoms. The number of nitrogens with zero attached hydrogens (tertiary/aromatic N) is 2. The van der Waals surface area contributed by atoms with E-state index >= 15 is 0 Å². The molecule has 100 valence electrons. The van der Waals surface area contributed by atoms with Crippen molar-refractivity contribution in [3.05, 3.63) is 0 Å². The van der Waals surface area contributed by atoms with Crippen molar-refractivity contribution in [1.29, 1.82) is 0 Å². The Bertz CT molecular complexity index is 391. The summed E-state index contributed by atoms with van der Waals surface area (Å²) < 4.78 is 0.709. The molecular formula is C11H17N3O2S2. The van der Waals surface area contributed by atoms with Gasteiger partial charge < -0.3 is 10.4 Å². The number of thioether (sulfide) groups is 1. The number of carbonyl (C=O) groups is 1. The van der Waals surface area contributed by atoms with Crippen LogP contribution in [0.2, 0.25) is 0 Å². The first-order valence-corrected chi connectivity index (χ1v) is 7.96. The highest BCUT2D eigenvalue weighted by Crippen LogP contribution is 2.28. The maximum absolute atomic E-state index is 10.4. The number of aliphatic carboxylic acids is 1. The maximum atomic E-state index is 10.4. The first-order valence-electron chi connectivity index (χ1n) is 6.16. The van der Waals surface area contributed by atoms with Crippen molar-refractivity contribution in [3.63, 3.8) is 0 Å². The van der Waals surface area contributed by atoms with Crippen molar-refractivity contribution in [2.24, 2.45) is 5.92 Å². The van der Waals surface area contributed by atoms with Crippen LogP contribution in [0.5, 0.6) is 0 Å². The van der Waals surface area contributed by atoms with Gasteiger partial charge in [0.05, 0.1) is 5.75 Å². The Hall–Kier alpha value is -0.820. The SMILES string of the molecule is O=C(O)CSc1nnc(NCCC2CCCC2)s1. The van der Waals surface area contributed by atoms with Gasteiger partial charge in [0.2, 0.25) is 5.13 Å². The van der Waals surface area contributed by atoms with Crippen molar-refractivity contribution >= 4 is 34.2 Å². The van der Waals surface area contributed by atoms with Crippen molar-refractivity contribution in [3.8, 4) is 0 Å². The fourth-order valence-electron chi connectivity index (χ4n) is 2.15. The zero-order valence-corrected chi connectivity index (χ0v) is 11.7. The van der Waals surface area contributed by atoms with E-state index in [1.165, 1.54) is 55.2 Å². The van der Waals surface area contributed by atoms with Crippen LogP contribution < -0.4 is 5.32 Å². The Labute approximate surface area is 114 Å². The first kappa shape index (κ1) is 13.6. The van der Waals surface area contributed by atoms with Gasteiger partial charge in [0, 0.05) is 6.54 Å². The fraction of sp³-hybridized carbons (Fsp3) is 0.727.